The zero-order chi connectivity index (χ0) is 27.7. The van der Waals surface area contributed by atoms with Crippen LogP contribution in [-0.2, 0) is 9.53 Å². The van der Waals surface area contributed by atoms with Gasteiger partial charge < -0.3 is 24.8 Å². The Morgan fingerprint density at radius 2 is 1.79 bits per heavy atom. The van der Waals surface area contributed by atoms with E-state index in [1.54, 1.807) is 13.1 Å². The highest BCUT2D eigenvalue weighted by atomic mass is 16.5. The van der Waals surface area contributed by atoms with E-state index in [-0.39, 0.29) is 18.0 Å². The van der Waals surface area contributed by atoms with Crippen molar-refractivity contribution in [2.45, 2.75) is 33.8 Å². The zero-order valence-corrected chi connectivity index (χ0v) is 23.2. The number of carbonyl (C=O) groups excluding carboxylic acids is 2. The standard InChI is InChI=1S/C31H35N5O3/c1-19(2)39-31(38)24-16-26-28(22-10-9-20(3)27(17-22)32-5)29(34-30(26)33-18-24)23-7-6-8-25(15-23)36-13-11-35(12-14-36)21(4)37/h6-10,15-19,32H,11-14H2,1-5H3,(H,33,34). The predicted octanol–water partition coefficient (Wildman–Crippen LogP) is 5.48. The van der Waals surface area contributed by atoms with Crippen molar-refractivity contribution in [3.8, 4) is 22.4 Å². The van der Waals surface area contributed by atoms with Crippen LogP contribution in [0.1, 0.15) is 36.7 Å². The van der Waals surface area contributed by atoms with Crippen LogP contribution in [0.4, 0.5) is 11.4 Å². The summed E-state index contributed by atoms with van der Waals surface area (Å²) >= 11 is 0. The Labute approximate surface area is 229 Å². The van der Waals surface area contributed by atoms with Crippen LogP contribution in [0.25, 0.3) is 33.4 Å². The number of benzene rings is 2. The molecule has 0 aliphatic carbocycles. The van der Waals surface area contributed by atoms with Gasteiger partial charge in [-0.25, -0.2) is 9.78 Å². The van der Waals surface area contributed by atoms with Gasteiger partial charge in [0.25, 0.3) is 0 Å². The molecule has 0 spiro atoms. The molecule has 1 saturated heterocycles. The third-order valence-electron chi connectivity index (χ3n) is 7.25. The summed E-state index contributed by atoms with van der Waals surface area (Å²) in [6.45, 7) is 10.4. The molecule has 39 heavy (non-hydrogen) atoms. The molecule has 2 aromatic heterocycles. The van der Waals surface area contributed by atoms with Crippen molar-refractivity contribution in [2.75, 3.05) is 43.4 Å². The van der Waals surface area contributed by atoms with Crippen LogP contribution >= 0.6 is 0 Å². The van der Waals surface area contributed by atoms with Crippen molar-refractivity contribution < 1.29 is 14.3 Å². The summed E-state index contributed by atoms with van der Waals surface area (Å²) in [6, 6.07) is 16.6. The first kappa shape index (κ1) is 26.3. The smallest absolute Gasteiger partial charge is 0.339 e. The van der Waals surface area contributed by atoms with Gasteiger partial charge in [-0.2, -0.15) is 0 Å². The monoisotopic (exact) mass is 525 g/mol. The minimum Gasteiger partial charge on any atom is -0.459 e. The molecule has 0 bridgehead atoms. The number of aryl methyl sites for hydroxylation is 1. The fourth-order valence-corrected chi connectivity index (χ4v) is 5.17. The van der Waals surface area contributed by atoms with Crippen molar-refractivity contribution in [2.24, 2.45) is 0 Å². The lowest BCUT2D eigenvalue weighted by Crippen LogP contribution is -2.48. The highest BCUT2D eigenvalue weighted by Crippen LogP contribution is 2.40. The summed E-state index contributed by atoms with van der Waals surface area (Å²) in [7, 11) is 1.92. The molecule has 1 amide bonds. The Bertz CT molecular complexity index is 1530. The van der Waals surface area contributed by atoms with E-state index >= 15 is 0 Å². The number of aromatic amines is 1. The van der Waals surface area contributed by atoms with Gasteiger partial charge in [0, 0.05) is 74.2 Å². The Kier molecular flexibility index (Phi) is 7.28. The number of esters is 1. The molecule has 2 N–H and O–H groups in total. The fourth-order valence-electron chi connectivity index (χ4n) is 5.17. The Balaban J connectivity index is 1.62. The molecular formula is C31H35N5O3. The topological polar surface area (TPSA) is 90.6 Å². The summed E-state index contributed by atoms with van der Waals surface area (Å²) < 4.78 is 5.45. The molecule has 1 fully saturated rings. The lowest BCUT2D eigenvalue weighted by Gasteiger charge is -2.35. The van der Waals surface area contributed by atoms with Crippen molar-refractivity contribution in [3.05, 3.63) is 65.9 Å². The molecule has 5 rings (SSSR count). The minimum absolute atomic E-state index is 0.120. The summed E-state index contributed by atoms with van der Waals surface area (Å²) in [5.74, 6) is -0.270. The molecular weight excluding hydrogens is 490 g/mol. The molecule has 0 saturated carbocycles. The lowest BCUT2D eigenvalue weighted by atomic mass is 9.96. The zero-order valence-electron chi connectivity index (χ0n) is 23.2. The third-order valence-corrected chi connectivity index (χ3v) is 7.25. The van der Waals surface area contributed by atoms with Crippen LogP contribution in [-0.4, -0.2) is 66.1 Å². The van der Waals surface area contributed by atoms with Gasteiger partial charge in [0.15, 0.2) is 0 Å². The molecule has 2 aromatic carbocycles. The third kappa shape index (κ3) is 5.32. The van der Waals surface area contributed by atoms with Gasteiger partial charge in [0.2, 0.25) is 5.91 Å². The van der Waals surface area contributed by atoms with Crippen molar-refractivity contribution in [3.63, 3.8) is 0 Å². The number of pyridine rings is 1. The maximum atomic E-state index is 12.7. The number of carbonyl (C=O) groups is 2. The van der Waals surface area contributed by atoms with E-state index in [4.69, 9.17) is 4.74 Å². The Morgan fingerprint density at radius 1 is 1.03 bits per heavy atom. The molecule has 1 aliphatic rings. The van der Waals surface area contributed by atoms with E-state index < -0.39 is 0 Å². The van der Waals surface area contributed by atoms with Gasteiger partial charge in [-0.15, -0.1) is 0 Å². The molecule has 4 aromatic rings. The second kappa shape index (κ2) is 10.8. The van der Waals surface area contributed by atoms with E-state index in [0.717, 1.165) is 57.8 Å². The van der Waals surface area contributed by atoms with Crippen LogP contribution in [0.3, 0.4) is 0 Å². The number of anilines is 2. The molecule has 3 heterocycles. The second-order valence-corrected chi connectivity index (χ2v) is 10.3. The van der Waals surface area contributed by atoms with Gasteiger partial charge in [-0.05, 0) is 56.2 Å². The highest BCUT2D eigenvalue weighted by molar-refractivity contribution is 6.05. The first-order valence-electron chi connectivity index (χ1n) is 13.4. The molecule has 202 valence electrons. The largest absolute Gasteiger partial charge is 0.459 e. The average molecular weight is 526 g/mol. The number of hydrogen-bond donors (Lipinski definition) is 2. The van der Waals surface area contributed by atoms with Gasteiger partial charge in [-0.1, -0.05) is 24.3 Å². The summed E-state index contributed by atoms with van der Waals surface area (Å²) in [5.41, 5.74) is 8.36. The van der Waals surface area contributed by atoms with E-state index in [9.17, 15) is 9.59 Å². The van der Waals surface area contributed by atoms with E-state index in [1.165, 1.54) is 0 Å². The van der Waals surface area contributed by atoms with Crippen LogP contribution < -0.4 is 10.2 Å². The van der Waals surface area contributed by atoms with Crippen molar-refractivity contribution >= 4 is 34.3 Å². The number of fused-ring (bicyclic) bond motifs is 1. The first-order chi connectivity index (χ1) is 18.7. The van der Waals surface area contributed by atoms with Crippen molar-refractivity contribution in [1.29, 1.82) is 0 Å². The van der Waals surface area contributed by atoms with E-state index in [2.05, 4.69) is 69.6 Å². The maximum Gasteiger partial charge on any atom is 0.339 e. The van der Waals surface area contributed by atoms with E-state index in [1.807, 2.05) is 31.9 Å². The summed E-state index contributed by atoms with van der Waals surface area (Å²) in [5, 5.41) is 4.14. The fraction of sp³-hybridized carbons (Fsp3) is 0.323. The van der Waals surface area contributed by atoms with Gasteiger partial charge in [0.05, 0.1) is 17.4 Å². The Hall–Kier alpha value is -4.33. The summed E-state index contributed by atoms with van der Waals surface area (Å²) in [4.78, 5) is 36.9. The SMILES string of the molecule is CNc1cc(-c2c(-c3cccc(N4CCN(C(C)=O)CC4)c3)[nH]c3ncc(C(=O)OC(C)C)cc23)ccc1C. The van der Waals surface area contributed by atoms with Crippen LogP contribution in [0.15, 0.2) is 54.7 Å². The first-order valence-corrected chi connectivity index (χ1v) is 13.4. The van der Waals surface area contributed by atoms with Crippen LogP contribution in [0.5, 0.6) is 0 Å². The molecule has 8 nitrogen and oxygen atoms in total. The normalized spacial score (nSPS) is 13.7. The molecule has 0 atom stereocenters. The minimum atomic E-state index is -0.389. The van der Waals surface area contributed by atoms with E-state index in [0.29, 0.717) is 24.3 Å². The van der Waals surface area contributed by atoms with Gasteiger partial charge in [0.1, 0.15) is 5.65 Å². The van der Waals surface area contributed by atoms with Crippen LogP contribution in [0.2, 0.25) is 0 Å². The number of nitrogens with zero attached hydrogens (tertiary/aromatic N) is 3. The number of nitrogens with one attached hydrogen (secondary N) is 2. The number of piperazine rings is 1. The maximum absolute atomic E-state index is 12.7. The van der Waals surface area contributed by atoms with Crippen LogP contribution in [0, 0.1) is 6.92 Å². The number of hydrogen-bond acceptors (Lipinski definition) is 6. The second-order valence-electron chi connectivity index (χ2n) is 10.3. The molecule has 0 unspecified atom stereocenters. The van der Waals surface area contributed by atoms with Gasteiger partial charge >= 0.3 is 5.97 Å². The number of H-pyrrole nitrogens is 1. The molecule has 0 radical (unpaired) electrons. The summed E-state index contributed by atoms with van der Waals surface area (Å²) in [6.07, 6.45) is 1.35. The average Bonchev–Trinajstić information content (AvgIpc) is 3.32. The highest BCUT2D eigenvalue weighted by Gasteiger charge is 2.22. The van der Waals surface area contributed by atoms with Crippen molar-refractivity contribution in [1.82, 2.24) is 14.9 Å². The van der Waals surface area contributed by atoms with Gasteiger partial charge in [-0.3, -0.25) is 4.79 Å². The quantitative estimate of drug-likeness (QED) is 0.324. The number of ether oxygens (including phenoxy) is 1. The number of aromatic nitrogens is 2. The number of rotatable bonds is 6. The molecule has 8 heteroatoms. The Morgan fingerprint density at radius 3 is 2.49 bits per heavy atom. The lowest BCUT2D eigenvalue weighted by molar-refractivity contribution is -0.129. The number of amides is 1. The predicted molar refractivity (Wildman–Crippen MR) is 156 cm³/mol. The molecule has 1 aliphatic heterocycles.